The SMILES string of the molecule is CC(=O)C1C=CC(C)=CC1(Cl)Cl. The molecule has 0 bridgehead atoms. The molecule has 0 saturated heterocycles. The highest BCUT2D eigenvalue weighted by Gasteiger charge is 2.35. The summed E-state index contributed by atoms with van der Waals surface area (Å²) in [6.07, 6.45) is 5.30. The van der Waals surface area contributed by atoms with Crippen molar-refractivity contribution in [2.24, 2.45) is 5.92 Å². The first-order valence-corrected chi connectivity index (χ1v) is 4.45. The van der Waals surface area contributed by atoms with Crippen molar-refractivity contribution in [2.45, 2.75) is 18.2 Å². The van der Waals surface area contributed by atoms with Gasteiger partial charge in [0.25, 0.3) is 0 Å². The van der Waals surface area contributed by atoms with Gasteiger partial charge < -0.3 is 0 Å². The van der Waals surface area contributed by atoms with Crippen LogP contribution in [-0.4, -0.2) is 10.1 Å². The van der Waals surface area contributed by atoms with Crippen LogP contribution in [0.4, 0.5) is 0 Å². The molecular formula is C9H10Cl2O. The Morgan fingerprint density at radius 3 is 2.58 bits per heavy atom. The summed E-state index contributed by atoms with van der Waals surface area (Å²) in [6.45, 7) is 3.38. The molecule has 12 heavy (non-hydrogen) atoms. The van der Waals surface area contributed by atoms with Crippen LogP contribution in [0.5, 0.6) is 0 Å². The number of allylic oxidation sites excluding steroid dienone is 4. The number of carbonyl (C=O) groups is 1. The van der Waals surface area contributed by atoms with E-state index in [1.54, 1.807) is 12.2 Å². The van der Waals surface area contributed by atoms with Gasteiger partial charge in [-0.1, -0.05) is 40.9 Å². The lowest BCUT2D eigenvalue weighted by molar-refractivity contribution is -0.119. The van der Waals surface area contributed by atoms with E-state index in [2.05, 4.69) is 0 Å². The van der Waals surface area contributed by atoms with E-state index in [-0.39, 0.29) is 5.78 Å². The zero-order chi connectivity index (χ0) is 9.35. The van der Waals surface area contributed by atoms with Crippen LogP contribution in [0.3, 0.4) is 0 Å². The fraction of sp³-hybridized carbons (Fsp3) is 0.444. The van der Waals surface area contributed by atoms with Crippen molar-refractivity contribution in [3.8, 4) is 0 Å². The van der Waals surface area contributed by atoms with E-state index in [0.29, 0.717) is 0 Å². The molecule has 1 aliphatic carbocycles. The van der Waals surface area contributed by atoms with Gasteiger partial charge in [-0.05, 0) is 19.9 Å². The summed E-state index contributed by atoms with van der Waals surface area (Å²) in [6, 6.07) is 0. The van der Waals surface area contributed by atoms with Crippen LogP contribution in [0.15, 0.2) is 23.8 Å². The lowest BCUT2D eigenvalue weighted by atomic mass is 9.93. The minimum atomic E-state index is -1.06. The zero-order valence-corrected chi connectivity index (χ0v) is 8.49. The third kappa shape index (κ3) is 1.90. The Morgan fingerprint density at radius 2 is 2.17 bits per heavy atom. The molecule has 1 nitrogen and oxygen atoms in total. The monoisotopic (exact) mass is 204 g/mol. The smallest absolute Gasteiger partial charge is 0.150 e. The minimum Gasteiger partial charge on any atom is -0.299 e. The van der Waals surface area contributed by atoms with Crippen molar-refractivity contribution in [3.05, 3.63) is 23.8 Å². The lowest BCUT2D eigenvalue weighted by Gasteiger charge is -2.25. The Balaban J connectivity index is 2.96. The molecule has 1 unspecified atom stereocenters. The predicted octanol–water partition coefficient (Wildman–Crippen LogP) is 2.88. The highest BCUT2D eigenvalue weighted by Crippen LogP contribution is 2.37. The topological polar surface area (TPSA) is 17.1 Å². The molecule has 3 heteroatoms. The fourth-order valence-electron chi connectivity index (χ4n) is 1.22. The number of hydrogen-bond acceptors (Lipinski definition) is 1. The molecule has 0 aromatic carbocycles. The maximum atomic E-state index is 11.1. The summed E-state index contributed by atoms with van der Waals surface area (Å²) < 4.78 is -1.06. The number of ketones is 1. The van der Waals surface area contributed by atoms with Gasteiger partial charge in [0.2, 0.25) is 0 Å². The third-order valence-electron chi connectivity index (χ3n) is 1.82. The number of rotatable bonds is 1. The van der Waals surface area contributed by atoms with Crippen molar-refractivity contribution >= 4 is 29.0 Å². The first-order chi connectivity index (χ1) is 5.43. The van der Waals surface area contributed by atoms with Crippen molar-refractivity contribution in [1.29, 1.82) is 0 Å². The van der Waals surface area contributed by atoms with Gasteiger partial charge in [0.1, 0.15) is 10.1 Å². The van der Waals surface area contributed by atoms with E-state index < -0.39 is 10.3 Å². The van der Waals surface area contributed by atoms with Crippen LogP contribution in [0.2, 0.25) is 0 Å². The summed E-state index contributed by atoms with van der Waals surface area (Å²) >= 11 is 11.9. The molecule has 0 aliphatic heterocycles. The average Bonchev–Trinajstić information content (AvgIpc) is 1.82. The largest absolute Gasteiger partial charge is 0.299 e. The maximum Gasteiger partial charge on any atom is 0.150 e. The van der Waals surface area contributed by atoms with E-state index in [1.807, 2.05) is 13.0 Å². The average molecular weight is 205 g/mol. The molecule has 0 saturated carbocycles. The van der Waals surface area contributed by atoms with Crippen LogP contribution in [0.1, 0.15) is 13.8 Å². The van der Waals surface area contributed by atoms with Gasteiger partial charge in [0.15, 0.2) is 0 Å². The molecule has 1 atom stereocenters. The van der Waals surface area contributed by atoms with Gasteiger partial charge in [0, 0.05) is 0 Å². The Labute approximate surface area is 82.0 Å². The summed E-state index contributed by atoms with van der Waals surface area (Å²) in [5.41, 5.74) is 0.984. The molecule has 0 amide bonds. The highest BCUT2D eigenvalue weighted by molar-refractivity contribution is 6.51. The summed E-state index contributed by atoms with van der Waals surface area (Å²) in [4.78, 5) is 11.1. The first-order valence-electron chi connectivity index (χ1n) is 3.69. The Bertz CT molecular complexity index is 264. The van der Waals surface area contributed by atoms with Gasteiger partial charge in [-0.15, -0.1) is 0 Å². The standard InChI is InChI=1S/C9H10Cl2O/c1-6-3-4-8(7(2)12)9(10,11)5-6/h3-5,8H,1-2H3. The van der Waals surface area contributed by atoms with Crippen LogP contribution in [-0.2, 0) is 4.79 Å². The van der Waals surface area contributed by atoms with E-state index in [4.69, 9.17) is 23.2 Å². The third-order valence-corrected chi connectivity index (χ3v) is 2.51. The van der Waals surface area contributed by atoms with Crippen molar-refractivity contribution in [3.63, 3.8) is 0 Å². The lowest BCUT2D eigenvalue weighted by Crippen LogP contribution is -2.29. The summed E-state index contributed by atoms with van der Waals surface area (Å²) in [5.74, 6) is -0.426. The van der Waals surface area contributed by atoms with Gasteiger partial charge >= 0.3 is 0 Å². The van der Waals surface area contributed by atoms with Crippen LogP contribution in [0, 0.1) is 5.92 Å². The highest BCUT2D eigenvalue weighted by atomic mass is 35.5. The Morgan fingerprint density at radius 1 is 1.58 bits per heavy atom. The molecule has 1 rings (SSSR count). The zero-order valence-electron chi connectivity index (χ0n) is 6.97. The Hall–Kier alpha value is -0.270. The second-order valence-electron chi connectivity index (χ2n) is 3.01. The molecular weight excluding hydrogens is 195 g/mol. The normalized spacial score (nSPS) is 26.7. The molecule has 0 aromatic rings. The van der Waals surface area contributed by atoms with Crippen molar-refractivity contribution < 1.29 is 4.79 Å². The molecule has 0 spiro atoms. The van der Waals surface area contributed by atoms with E-state index in [1.165, 1.54) is 6.92 Å². The molecule has 66 valence electrons. The molecule has 1 aliphatic rings. The Kier molecular flexibility index (Phi) is 2.64. The van der Waals surface area contributed by atoms with Crippen LogP contribution < -0.4 is 0 Å². The molecule has 0 fully saturated rings. The van der Waals surface area contributed by atoms with Gasteiger partial charge in [-0.3, -0.25) is 4.79 Å². The first kappa shape index (κ1) is 9.82. The summed E-state index contributed by atoms with van der Waals surface area (Å²) in [5, 5.41) is 0. The molecule has 0 radical (unpaired) electrons. The number of hydrogen-bond donors (Lipinski definition) is 0. The fourth-order valence-corrected chi connectivity index (χ4v) is 2.02. The van der Waals surface area contributed by atoms with Gasteiger partial charge in [-0.2, -0.15) is 0 Å². The van der Waals surface area contributed by atoms with E-state index in [0.717, 1.165) is 5.57 Å². The molecule has 0 heterocycles. The van der Waals surface area contributed by atoms with Crippen LogP contribution in [0.25, 0.3) is 0 Å². The second kappa shape index (κ2) is 3.23. The van der Waals surface area contributed by atoms with Crippen LogP contribution >= 0.6 is 23.2 Å². The van der Waals surface area contributed by atoms with E-state index in [9.17, 15) is 4.79 Å². The maximum absolute atomic E-state index is 11.1. The second-order valence-corrected chi connectivity index (χ2v) is 4.45. The molecule has 0 N–H and O–H groups in total. The van der Waals surface area contributed by atoms with Crippen molar-refractivity contribution in [1.82, 2.24) is 0 Å². The minimum absolute atomic E-state index is 0.0139. The van der Waals surface area contributed by atoms with Gasteiger partial charge in [0.05, 0.1) is 5.92 Å². The van der Waals surface area contributed by atoms with E-state index >= 15 is 0 Å². The quantitative estimate of drug-likeness (QED) is 0.601. The number of halogens is 2. The number of carbonyl (C=O) groups excluding carboxylic acids is 1. The van der Waals surface area contributed by atoms with Crippen molar-refractivity contribution in [2.75, 3.05) is 0 Å². The number of alkyl halides is 2. The predicted molar refractivity (Wildman–Crippen MR) is 51.5 cm³/mol. The summed E-state index contributed by atoms with van der Waals surface area (Å²) in [7, 11) is 0. The number of Topliss-reactive ketones (excluding diaryl/α,β-unsaturated/α-hetero) is 1. The molecule has 0 aromatic heterocycles. The van der Waals surface area contributed by atoms with Gasteiger partial charge in [-0.25, -0.2) is 0 Å².